The molecule has 3 aromatic rings. The van der Waals surface area contributed by atoms with Gasteiger partial charge >= 0.3 is 0 Å². The fraction of sp³-hybridized carbons (Fsp3) is 0.500. The lowest BCUT2D eigenvalue weighted by Gasteiger charge is -2.37. The Morgan fingerprint density at radius 1 is 0.795 bits per heavy atom. The summed E-state index contributed by atoms with van der Waals surface area (Å²) in [6.07, 6.45) is 9.67. The second kappa shape index (κ2) is 15.7. The van der Waals surface area contributed by atoms with Crippen molar-refractivity contribution >= 4 is 5.91 Å². The Bertz CT molecular complexity index is 1250. The Kier molecular flexibility index (Phi) is 11.5. The Hall–Kier alpha value is -3.19. The molecule has 6 heteroatoms. The fourth-order valence-corrected chi connectivity index (χ4v) is 7.73. The van der Waals surface area contributed by atoms with E-state index in [1.807, 2.05) is 54.6 Å². The number of aromatic hydroxyl groups is 1. The lowest BCUT2D eigenvalue weighted by molar-refractivity contribution is -0.123. The average molecular weight is 597 g/mol. The predicted molar refractivity (Wildman–Crippen MR) is 180 cm³/mol. The molecule has 1 atom stereocenters. The highest BCUT2D eigenvalue weighted by Gasteiger charge is 2.49. The van der Waals surface area contributed by atoms with Crippen molar-refractivity contribution in [1.82, 2.24) is 14.7 Å². The Balaban J connectivity index is 1.00. The average Bonchev–Trinajstić information content (AvgIpc) is 3.52. The SMILES string of the molecule is CN(CCCCCCCN1CC[C@@H](C(C(N)=O)(c2ccccc2)c2ccccc2)C1)C1CCN(Cc2ccccc2O)CC1. The van der Waals surface area contributed by atoms with Crippen molar-refractivity contribution in [2.24, 2.45) is 11.7 Å². The zero-order chi connectivity index (χ0) is 30.8. The molecule has 0 radical (unpaired) electrons. The zero-order valence-electron chi connectivity index (χ0n) is 26.6. The van der Waals surface area contributed by atoms with Gasteiger partial charge in [0, 0.05) is 24.7 Å². The minimum absolute atomic E-state index is 0.165. The lowest BCUT2D eigenvalue weighted by Crippen LogP contribution is -2.49. The van der Waals surface area contributed by atoms with Crippen molar-refractivity contribution in [1.29, 1.82) is 0 Å². The number of hydrogen-bond donors (Lipinski definition) is 2. The number of nitrogens with zero attached hydrogens (tertiary/aromatic N) is 3. The third kappa shape index (κ3) is 7.71. The van der Waals surface area contributed by atoms with Gasteiger partial charge in [-0.1, -0.05) is 98.1 Å². The standard InChI is InChI=1S/C38H52N4O2/c1-40(35-22-27-42(28-23-35)29-31-15-11-12-20-36(31)43)24-13-3-2-4-14-25-41-26-21-34(30-41)38(37(39)44,32-16-7-5-8-17-32)33-18-9-6-10-19-33/h5-12,15-20,34-35,43H,2-4,13-14,21-30H2,1H3,(H2,39,44)/t34-/m1/s1. The number of carbonyl (C=O) groups excluding carboxylic acids is 1. The fourth-order valence-electron chi connectivity index (χ4n) is 7.73. The molecule has 1 amide bonds. The molecule has 2 saturated heterocycles. The molecule has 0 unspecified atom stereocenters. The third-order valence-corrected chi connectivity index (χ3v) is 10.3. The molecular weight excluding hydrogens is 544 g/mol. The Morgan fingerprint density at radius 2 is 1.36 bits per heavy atom. The van der Waals surface area contributed by atoms with E-state index in [2.05, 4.69) is 46.0 Å². The number of likely N-dealkylation sites (tertiary alicyclic amines) is 2. The van der Waals surface area contributed by atoms with Gasteiger partial charge in [-0.15, -0.1) is 0 Å². The van der Waals surface area contributed by atoms with Gasteiger partial charge in [-0.25, -0.2) is 0 Å². The van der Waals surface area contributed by atoms with Crippen LogP contribution in [0.1, 0.15) is 68.1 Å². The predicted octanol–water partition coefficient (Wildman–Crippen LogP) is 6.03. The van der Waals surface area contributed by atoms with Crippen LogP contribution in [0.3, 0.4) is 0 Å². The molecule has 3 aromatic carbocycles. The summed E-state index contributed by atoms with van der Waals surface area (Å²) in [5, 5.41) is 10.1. The van der Waals surface area contributed by atoms with Gasteiger partial charge in [0.15, 0.2) is 0 Å². The van der Waals surface area contributed by atoms with Crippen molar-refractivity contribution in [3.05, 3.63) is 102 Å². The van der Waals surface area contributed by atoms with Gasteiger partial charge in [0.2, 0.25) is 5.91 Å². The van der Waals surface area contributed by atoms with Crippen LogP contribution >= 0.6 is 0 Å². The summed E-state index contributed by atoms with van der Waals surface area (Å²) in [7, 11) is 2.30. The first-order valence-corrected chi connectivity index (χ1v) is 16.8. The molecule has 0 aromatic heterocycles. The number of rotatable bonds is 15. The van der Waals surface area contributed by atoms with Crippen LogP contribution in [0.5, 0.6) is 5.75 Å². The first-order valence-electron chi connectivity index (χ1n) is 16.8. The highest BCUT2D eigenvalue weighted by Crippen LogP contribution is 2.43. The van der Waals surface area contributed by atoms with Gasteiger partial charge in [0.1, 0.15) is 11.2 Å². The van der Waals surface area contributed by atoms with E-state index in [-0.39, 0.29) is 11.8 Å². The molecule has 2 fully saturated rings. The first-order chi connectivity index (χ1) is 21.5. The van der Waals surface area contributed by atoms with E-state index < -0.39 is 5.41 Å². The van der Waals surface area contributed by atoms with Crippen LogP contribution in [-0.4, -0.2) is 78.1 Å². The largest absolute Gasteiger partial charge is 0.508 e. The van der Waals surface area contributed by atoms with Crippen molar-refractivity contribution in [3.8, 4) is 5.75 Å². The van der Waals surface area contributed by atoms with E-state index in [0.29, 0.717) is 11.8 Å². The van der Waals surface area contributed by atoms with Crippen LogP contribution in [0.2, 0.25) is 0 Å². The van der Waals surface area contributed by atoms with Crippen LogP contribution in [0.4, 0.5) is 0 Å². The second-order valence-corrected chi connectivity index (χ2v) is 13.1. The number of phenols is 1. The molecule has 3 N–H and O–H groups in total. The molecule has 236 valence electrons. The summed E-state index contributed by atoms with van der Waals surface area (Å²) in [6, 6.07) is 28.7. The monoisotopic (exact) mass is 596 g/mol. The van der Waals surface area contributed by atoms with Gasteiger partial charge in [-0.3, -0.25) is 9.69 Å². The molecule has 2 aliphatic heterocycles. The normalized spacial score (nSPS) is 18.6. The number of unbranched alkanes of at least 4 members (excludes halogenated alkanes) is 4. The maximum atomic E-state index is 13.3. The van der Waals surface area contributed by atoms with Crippen molar-refractivity contribution < 1.29 is 9.90 Å². The van der Waals surface area contributed by atoms with Crippen molar-refractivity contribution in [2.45, 2.75) is 69.4 Å². The molecular formula is C38H52N4O2. The number of phenolic OH excluding ortho intramolecular Hbond substituents is 1. The van der Waals surface area contributed by atoms with E-state index in [1.54, 1.807) is 6.07 Å². The van der Waals surface area contributed by atoms with E-state index in [0.717, 1.165) is 62.4 Å². The lowest BCUT2D eigenvalue weighted by atomic mass is 9.64. The summed E-state index contributed by atoms with van der Waals surface area (Å²) in [6.45, 7) is 7.22. The zero-order valence-corrected chi connectivity index (χ0v) is 26.6. The van der Waals surface area contributed by atoms with E-state index in [9.17, 15) is 9.90 Å². The van der Waals surface area contributed by atoms with Gasteiger partial charge in [-0.2, -0.15) is 0 Å². The maximum Gasteiger partial charge on any atom is 0.232 e. The van der Waals surface area contributed by atoms with Crippen LogP contribution in [0.25, 0.3) is 0 Å². The maximum absolute atomic E-state index is 13.3. The number of benzene rings is 3. The van der Waals surface area contributed by atoms with Crippen molar-refractivity contribution in [3.63, 3.8) is 0 Å². The van der Waals surface area contributed by atoms with Gasteiger partial charge in [-0.05, 0) is 95.0 Å². The van der Waals surface area contributed by atoms with Gasteiger partial charge in [0.25, 0.3) is 0 Å². The number of primary amides is 1. The summed E-state index contributed by atoms with van der Waals surface area (Å²) < 4.78 is 0. The highest BCUT2D eigenvalue weighted by molar-refractivity contribution is 5.91. The van der Waals surface area contributed by atoms with E-state index in [4.69, 9.17) is 5.73 Å². The first kappa shape index (κ1) is 32.2. The summed E-state index contributed by atoms with van der Waals surface area (Å²) in [4.78, 5) is 20.9. The number of para-hydroxylation sites is 1. The summed E-state index contributed by atoms with van der Waals surface area (Å²) in [5.74, 6) is 0.329. The summed E-state index contributed by atoms with van der Waals surface area (Å²) in [5.41, 5.74) is 8.51. The molecule has 0 aliphatic carbocycles. The molecule has 0 saturated carbocycles. The quantitative estimate of drug-likeness (QED) is 0.210. The molecule has 0 bridgehead atoms. The smallest absolute Gasteiger partial charge is 0.232 e. The highest BCUT2D eigenvalue weighted by atomic mass is 16.3. The number of hydrogen-bond acceptors (Lipinski definition) is 5. The minimum Gasteiger partial charge on any atom is -0.508 e. The number of nitrogens with two attached hydrogens (primary N) is 1. The van der Waals surface area contributed by atoms with Gasteiger partial charge in [0.05, 0.1) is 0 Å². The third-order valence-electron chi connectivity index (χ3n) is 10.3. The van der Waals surface area contributed by atoms with E-state index >= 15 is 0 Å². The van der Waals surface area contributed by atoms with Crippen LogP contribution in [0.15, 0.2) is 84.9 Å². The number of carbonyl (C=O) groups is 1. The number of amides is 1. The molecule has 5 rings (SSSR count). The Morgan fingerprint density at radius 3 is 2.00 bits per heavy atom. The Labute approximate surface area is 264 Å². The molecule has 6 nitrogen and oxygen atoms in total. The second-order valence-electron chi connectivity index (χ2n) is 13.1. The topological polar surface area (TPSA) is 73.0 Å². The van der Waals surface area contributed by atoms with Crippen LogP contribution in [0, 0.1) is 5.92 Å². The summed E-state index contributed by atoms with van der Waals surface area (Å²) >= 11 is 0. The molecule has 44 heavy (non-hydrogen) atoms. The molecule has 0 spiro atoms. The minimum atomic E-state index is -0.801. The van der Waals surface area contributed by atoms with Crippen LogP contribution in [-0.2, 0) is 16.8 Å². The van der Waals surface area contributed by atoms with Crippen molar-refractivity contribution in [2.75, 3.05) is 46.3 Å². The number of piperidine rings is 1. The van der Waals surface area contributed by atoms with Gasteiger partial charge < -0.3 is 20.6 Å². The van der Waals surface area contributed by atoms with Crippen LogP contribution < -0.4 is 5.73 Å². The van der Waals surface area contributed by atoms with E-state index in [1.165, 1.54) is 51.5 Å². The molecule has 2 heterocycles. The molecule has 2 aliphatic rings.